The predicted octanol–water partition coefficient (Wildman–Crippen LogP) is 1.45. The minimum atomic E-state index is -0.154. The molecule has 0 aliphatic heterocycles. The molecule has 1 aromatic rings. The number of hydrogen-bond acceptors (Lipinski definition) is 9. The van der Waals surface area contributed by atoms with Crippen molar-refractivity contribution >= 4 is 11.4 Å². The van der Waals surface area contributed by atoms with Crippen LogP contribution in [0.1, 0.15) is 40.5 Å². The van der Waals surface area contributed by atoms with Crippen LogP contribution in [-0.4, -0.2) is 26.4 Å². The summed E-state index contributed by atoms with van der Waals surface area (Å²) in [5.74, 6) is 5.02. The molecule has 9 nitrogen and oxygen atoms in total. The molecule has 20 heavy (non-hydrogen) atoms. The average molecular weight is 282 g/mol. The third-order valence-corrected chi connectivity index (χ3v) is 2.06. The van der Waals surface area contributed by atoms with Crippen LogP contribution in [0.2, 0.25) is 0 Å². The lowest BCUT2D eigenvalue weighted by molar-refractivity contribution is 0.247. The minimum absolute atomic E-state index is 0.0844. The summed E-state index contributed by atoms with van der Waals surface area (Å²) in [6, 6.07) is -0.334. The molecule has 0 aliphatic rings. The van der Waals surface area contributed by atoms with Crippen molar-refractivity contribution in [3.63, 3.8) is 0 Å². The van der Waals surface area contributed by atoms with Crippen molar-refractivity contribution in [3.05, 3.63) is 0 Å². The highest BCUT2D eigenvalue weighted by atomic mass is 16.7. The highest BCUT2D eigenvalue weighted by Gasteiger charge is 2.10. The first-order chi connectivity index (χ1) is 9.58. The van der Waals surface area contributed by atoms with Crippen LogP contribution in [-0.2, 0) is 0 Å². The van der Waals surface area contributed by atoms with E-state index in [-0.39, 0.29) is 18.0 Å². The van der Waals surface area contributed by atoms with Crippen molar-refractivity contribution in [1.29, 1.82) is 0 Å². The summed E-state index contributed by atoms with van der Waals surface area (Å²) >= 11 is 0. The topological polar surface area (TPSA) is 117 Å². The molecule has 0 saturated heterocycles. The standard InChI is InChI=1S/C11H18N6O3/c1-5-8(6-2)17-20-11-14-9(18-12)13-10(15-11)19-16-7(3)4/h5-6,12H2,1-4H3. The van der Waals surface area contributed by atoms with Gasteiger partial charge in [-0.05, 0) is 26.7 Å². The van der Waals surface area contributed by atoms with E-state index in [0.717, 1.165) is 18.6 Å². The van der Waals surface area contributed by atoms with E-state index in [1.165, 1.54) is 0 Å². The highest BCUT2D eigenvalue weighted by molar-refractivity contribution is 5.83. The second kappa shape index (κ2) is 8.00. The Kier molecular flexibility index (Phi) is 6.30. The first kappa shape index (κ1) is 15.8. The number of rotatable bonds is 7. The van der Waals surface area contributed by atoms with Crippen molar-refractivity contribution in [3.8, 4) is 18.0 Å². The van der Waals surface area contributed by atoms with E-state index in [9.17, 15) is 0 Å². The Morgan fingerprint density at radius 3 is 1.90 bits per heavy atom. The van der Waals surface area contributed by atoms with Crippen molar-refractivity contribution < 1.29 is 14.5 Å². The van der Waals surface area contributed by atoms with Crippen LogP contribution >= 0.6 is 0 Å². The van der Waals surface area contributed by atoms with Crippen LogP contribution in [0.25, 0.3) is 0 Å². The number of aromatic nitrogens is 3. The fraction of sp³-hybridized carbons (Fsp3) is 0.545. The largest absolute Gasteiger partial charge is 0.371 e. The first-order valence-corrected chi connectivity index (χ1v) is 6.12. The van der Waals surface area contributed by atoms with E-state index in [2.05, 4.69) is 30.1 Å². The molecule has 2 N–H and O–H groups in total. The van der Waals surface area contributed by atoms with Gasteiger partial charge in [-0.3, -0.25) is 0 Å². The SMILES string of the molecule is CCC(CC)=NOc1nc(ON)nc(ON=C(C)C)n1. The van der Waals surface area contributed by atoms with Crippen LogP contribution in [0.4, 0.5) is 0 Å². The zero-order chi connectivity index (χ0) is 15.0. The fourth-order valence-electron chi connectivity index (χ4n) is 1.07. The Morgan fingerprint density at radius 1 is 0.950 bits per heavy atom. The van der Waals surface area contributed by atoms with Crippen molar-refractivity contribution in [2.75, 3.05) is 0 Å². The third-order valence-electron chi connectivity index (χ3n) is 2.06. The fourth-order valence-corrected chi connectivity index (χ4v) is 1.07. The number of nitrogens with two attached hydrogens (primary N) is 1. The quantitative estimate of drug-likeness (QED) is 0.594. The molecular formula is C11H18N6O3. The maximum atomic E-state index is 5.10. The molecule has 1 aromatic heterocycles. The predicted molar refractivity (Wildman–Crippen MR) is 72.7 cm³/mol. The number of oxime groups is 2. The molecule has 0 aliphatic carbocycles. The smallest absolute Gasteiger partial charge is 0.355 e. The lowest BCUT2D eigenvalue weighted by Gasteiger charge is -2.03. The van der Waals surface area contributed by atoms with Crippen molar-refractivity contribution in [2.45, 2.75) is 40.5 Å². The van der Waals surface area contributed by atoms with Gasteiger partial charge in [-0.15, -0.1) is 15.0 Å². The molecule has 0 bridgehead atoms. The van der Waals surface area contributed by atoms with Crippen LogP contribution in [0, 0.1) is 0 Å². The Labute approximate surface area is 116 Å². The molecule has 110 valence electrons. The Morgan fingerprint density at radius 2 is 1.45 bits per heavy atom. The van der Waals surface area contributed by atoms with Crippen LogP contribution in [0.5, 0.6) is 18.0 Å². The van der Waals surface area contributed by atoms with E-state index in [1.54, 1.807) is 13.8 Å². The summed E-state index contributed by atoms with van der Waals surface area (Å²) in [5.41, 5.74) is 1.56. The second-order valence-electron chi connectivity index (χ2n) is 3.89. The van der Waals surface area contributed by atoms with Gasteiger partial charge in [0.2, 0.25) is 0 Å². The van der Waals surface area contributed by atoms with Crippen LogP contribution in [0.3, 0.4) is 0 Å². The van der Waals surface area contributed by atoms with Gasteiger partial charge >= 0.3 is 18.0 Å². The lowest BCUT2D eigenvalue weighted by atomic mass is 10.2. The van der Waals surface area contributed by atoms with Gasteiger partial charge in [-0.2, -0.15) is 5.90 Å². The van der Waals surface area contributed by atoms with Gasteiger partial charge in [0.05, 0.1) is 11.4 Å². The summed E-state index contributed by atoms with van der Waals surface area (Å²) in [4.78, 5) is 25.9. The molecule has 0 fully saturated rings. The van der Waals surface area contributed by atoms with E-state index in [4.69, 9.17) is 15.6 Å². The Hall–Kier alpha value is -2.29. The summed E-state index contributed by atoms with van der Waals surface area (Å²) in [6.07, 6.45) is 1.54. The van der Waals surface area contributed by atoms with E-state index in [1.807, 2.05) is 13.8 Å². The first-order valence-electron chi connectivity index (χ1n) is 6.12. The van der Waals surface area contributed by atoms with E-state index >= 15 is 0 Å². The monoisotopic (exact) mass is 282 g/mol. The molecule has 0 aromatic carbocycles. The second-order valence-corrected chi connectivity index (χ2v) is 3.89. The van der Waals surface area contributed by atoms with E-state index in [0.29, 0.717) is 5.71 Å². The summed E-state index contributed by atoms with van der Waals surface area (Å²) in [5, 5.41) is 7.63. The van der Waals surface area contributed by atoms with Gasteiger partial charge in [-0.1, -0.05) is 24.2 Å². The third kappa shape index (κ3) is 5.14. The molecule has 0 radical (unpaired) electrons. The van der Waals surface area contributed by atoms with Crippen molar-refractivity contribution in [1.82, 2.24) is 15.0 Å². The Balaban J connectivity index is 2.92. The van der Waals surface area contributed by atoms with Gasteiger partial charge in [0.1, 0.15) is 0 Å². The molecule has 1 rings (SSSR count). The Bertz CT molecular complexity index is 493. The van der Waals surface area contributed by atoms with Gasteiger partial charge < -0.3 is 14.5 Å². The van der Waals surface area contributed by atoms with Crippen LogP contribution < -0.4 is 20.4 Å². The maximum Gasteiger partial charge on any atom is 0.355 e. The van der Waals surface area contributed by atoms with Gasteiger partial charge in [0.25, 0.3) is 0 Å². The summed E-state index contributed by atoms with van der Waals surface area (Å²) in [6.45, 7) is 7.47. The average Bonchev–Trinajstić information content (AvgIpc) is 2.46. The number of hydrogen-bond donors (Lipinski definition) is 1. The van der Waals surface area contributed by atoms with Gasteiger partial charge in [0, 0.05) is 0 Å². The normalized spacial score (nSPS) is 9.65. The molecule has 1 heterocycles. The molecular weight excluding hydrogens is 264 g/mol. The highest BCUT2D eigenvalue weighted by Crippen LogP contribution is 2.14. The zero-order valence-corrected chi connectivity index (χ0v) is 12.0. The molecule has 0 spiro atoms. The van der Waals surface area contributed by atoms with Gasteiger partial charge in [0.15, 0.2) is 0 Å². The van der Waals surface area contributed by atoms with Crippen molar-refractivity contribution in [2.24, 2.45) is 16.2 Å². The molecule has 9 heteroatoms. The van der Waals surface area contributed by atoms with Crippen LogP contribution in [0.15, 0.2) is 10.3 Å². The zero-order valence-electron chi connectivity index (χ0n) is 12.0. The summed E-state index contributed by atoms with van der Waals surface area (Å²) in [7, 11) is 0. The number of nitrogens with zero attached hydrogens (tertiary/aromatic N) is 5. The molecule has 0 atom stereocenters. The maximum absolute atomic E-state index is 5.10. The van der Waals surface area contributed by atoms with E-state index < -0.39 is 0 Å². The molecule has 0 amide bonds. The molecule has 0 saturated carbocycles. The molecule has 0 unspecified atom stereocenters. The van der Waals surface area contributed by atoms with Gasteiger partial charge in [-0.25, -0.2) is 0 Å². The lowest BCUT2D eigenvalue weighted by Crippen LogP contribution is -2.09. The minimum Gasteiger partial charge on any atom is -0.371 e. The summed E-state index contributed by atoms with van der Waals surface area (Å²) < 4.78 is 0.